The molecule has 0 atom stereocenters. The van der Waals surface area contributed by atoms with E-state index >= 15 is 0 Å². The number of rotatable bonds is 7. The van der Waals surface area contributed by atoms with Crippen LogP contribution in [-0.2, 0) is 0 Å². The van der Waals surface area contributed by atoms with Gasteiger partial charge in [0.2, 0.25) is 0 Å². The van der Waals surface area contributed by atoms with E-state index in [-0.39, 0.29) is 5.78 Å². The van der Waals surface area contributed by atoms with Crippen LogP contribution in [-0.4, -0.2) is 27.1 Å². The molecule has 0 saturated carbocycles. The number of carbonyl (C=O) groups excluding carboxylic acids is 1. The van der Waals surface area contributed by atoms with Crippen LogP contribution in [0.1, 0.15) is 15.9 Å². The number of halogens is 2. The number of ether oxygens (including phenoxy) is 3. The largest absolute Gasteiger partial charge is 0.496 e. The van der Waals surface area contributed by atoms with Crippen LogP contribution < -0.4 is 14.2 Å². The minimum atomic E-state index is -0.174. The van der Waals surface area contributed by atoms with Gasteiger partial charge in [-0.15, -0.1) is 0 Å². The Labute approximate surface area is 162 Å². The Balaban J connectivity index is 2.17. The third kappa shape index (κ3) is 4.81. The zero-order valence-electron chi connectivity index (χ0n) is 14.6. The molecule has 136 valence electrons. The lowest BCUT2D eigenvalue weighted by Gasteiger charge is -2.11. The predicted octanol–water partition coefficient (Wildman–Crippen LogP) is 5.47. The second-order valence-electron chi connectivity index (χ2n) is 5.16. The van der Waals surface area contributed by atoms with Gasteiger partial charge in [-0.2, -0.15) is 0 Å². The van der Waals surface area contributed by atoms with Crippen LogP contribution in [0.15, 0.2) is 48.6 Å². The van der Waals surface area contributed by atoms with E-state index in [0.29, 0.717) is 32.9 Å². The fourth-order valence-corrected chi connectivity index (χ4v) is 2.53. The van der Waals surface area contributed by atoms with Gasteiger partial charge in [0, 0.05) is 17.2 Å². The number of benzene rings is 2. The maximum absolute atomic E-state index is 12.1. The second-order valence-corrected chi connectivity index (χ2v) is 5.97. The highest BCUT2D eigenvalue weighted by Crippen LogP contribution is 2.35. The first-order valence-corrected chi connectivity index (χ1v) is 8.40. The highest BCUT2D eigenvalue weighted by molar-refractivity contribution is 6.42. The van der Waals surface area contributed by atoms with Crippen molar-refractivity contribution in [3.8, 4) is 17.2 Å². The second kappa shape index (κ2) is 9.32. The molecule has 0 N–H and O–H groups in total. The number of hydrogen-bond donors (Lipinski definition) is 0. The normalized spacial score (nSPS) is 11.1. The topological polar surface area (TPSA) is 44.8 Å². The molecule has 2 rings (SSSR count). The van der Waals surface area contributed by atoms with Crippen molar-refractivity contribution < 1.29 is 19.0 Å². The summed E-state index contributed by atoms with van der Waals surface area (Å²) in [5.74, 6) is 1.62. The van der Waals surface area contributed by atoms with E-state index in [2.05, 4.69) is 0 Å². The number of carbonyl (C=O) groups is 1. The monoisotopic (exact) mass is 392 g/mol. The summed E-state index contributed by atoms with van der Waals surface area (Å²) in [6.45, 7) is 0. The molecule has 2 aromatic rings. The lowest BCUT2D eigenvalue weighted by atomic mass is 10.1. The molecule has 0 saturated heterocycles. The molecule has 0 unspecified atom stereocenters. The van der Waals surface area contributed by atoms with Crippen LogP contribution in [0.25, 0.3) is 6.08 Å². The lowest BCUT2D eigenvalue weighted by Crippen LogP contribution is -1.94. The average Bonchev–Trinajstić information content (AvgIpc) is 2.66. The molecule has 4 nitrogen and oxygen atoms in total. The number of methoxy groups -OCH3 is 3. The van der Waals surface area contributed by atoms with Gasteiger partial charge in [-0.05, 0) is 30.3 Å². The van der Waals surface area contributed by atoms with Crippen LogP contribution >= 0.6 is 23.2 Å². The Kier molecular flexibility index (Phi) is 7.13. The highest BCUT2D eigenvalue weighted by atomic mass is 35.5. The van der Waals surface area contributed by atoms with Crippen molar-refractivity contribution in [2.75, 3.05) is 21.3 Å². The summed E-state index contributed by atoms with van der Waals surface area (Å²) in [6.07, 6.45) is 6.63. The molecule has 2 aromatic carbocycles. The van der Waals surface area contributed by atoms with Gasteiger partial charge in [-0.25, -0.2) is 0 Å². The summed E-state index contributed by atoms with van der Waals surface area (Å²) in [5.41, 5.74) is 1.25. The SMILES string of the molecule is COc1cc(OC)c(OC)cc1/C=C/C=C/C(=O)c1ccc(Cl)c(Cl)c1. The van der Waals surface area contributed by atoms with E-state index in [4.69, 9.17) is 37.4 Å². The van der Waals surface area contributed by atoms with Gasteiger partial charge in [0.25, 0.3) is 0 Å². The van der Waals surface area contributed by atoms with Gasteiger partial charge in [-0.3, -0.25) is 4.79 Å². The molecule has 0 amide bonds. The molecule has 26 heavy (non-hydrogen) atoms. The van der Waals surface area contributed by atoms with Crippen LogP contribution in [0.3, 0.4) is 0 Å². The smallest absolute Gasteiger partial charge is 0.185 e. The Hall–Kier alpha value is -2.43. The molecule has 0 bridgehead atoms. The number of allylic oxidation sites excluding steroid dienone is 3. The molecule has 0 aliphatic carbocycles. The molecule has 0 aromatic heterocycles. The van der Waals surface area contributed by atoms with E-state index in [1.807, 2.05) is 0 Å². The van der Waals surface area contributed by atoms with Gasteiger partial charge in [-0.1, -0.05) is 41.4 Å². The summed E-state index contributed by atoms with van der Waals surface area (Å²) in [6, 6.07) is 8.29. The van der Waals surface area contributed by atoms with Crippen molar-refractivity contribution in [3.05, 3.63) is 69.7 Å². The molecule has 0 spiro atoms. The summed E-state index contributed by atoms with van der Waals surface area (Å²) in [7, 11) is 4.69. The van der Waals surface area contributed by atoms with Crippen molar-refractivity contribution in [1.29, 1.82) is 0 Å². The summed E-state index contributed by atoms with van der Waals surface area (Å²) in [5, 5.41) is 0.754. The van der Waals surface area contributed by atoms with Crippen molar-refractivity contribution >= 4 is 35.1 Å². The molecule has 6 heteroatoms. The van der Waals surface area contributed by atoms with Crippen LogP contribution in [0.4, 0.5) is 0 Å². The summed E-state index contributed by atoms with van der Waals surface area (Å²) < 4.78 is 15.9. The number of ketones is 1. The zero-order chi connectivity index (χ0) is 19.1. The van der Waals surface area contributed by atoms with Crippen molar-refractivity contribution in [2.24, 2.45) is 0 Å². The first kappa shape index (κ1) is 19.9. The molecule has 0 aliphatic heterocycles. The lowest BCUT2D eigenvalue weighted by molar-refractivity contribution is 0.104. The fourth-order valence-electron chi connectivity index (χ4n) is 2.23. The maximum Gasteiger partial charge on any atom is 0.185 e. The Bertz CT molecular complexity index is 857. The standard InChI is InChI=1S/C20H18Cl2O4/c1-24-18-12-20(26-3)19(25-2)11-14(18)6-4-5-7-17(23)13-8-9-15(21)16(22)10-13/h4-12H,1-3H3/b6-4+,7-5+. The quantitative estimate of drug-likeness (QED) is 0.355. The minimum Gasteiger partial charge on any atom is -0.496 e. The summed E-state index contributed by atoms with van der Waals surface area (Å²) >= 11 is 11.8. The van der Waals surface area contributed by atoms with E-state index in [1.165, 1.54) is 12.1 Å². The number of hydrogen-bond acceptors (Lipinski definition) is 4. The molecular formula is C20H18Cl2O4. The molecular weight excluding hydrogens is 375 g/mol. The van der Waals surface area contributed by atoms with Crippen molar-refractivity contribution in [1.82, 2.24) is 0 Å². The van der Waals surface area contributed by atoms with Crippen LogP contribution in [0.5, 0.6) is 17.2 Å². The van der Waals surface area contributed by atoms with Crippen LogP contribution in [0.2, 0.25) is 10.0 Å². The Morgan fingerprint density at radius 3 is 2.12 bits per heavy atom. The highest BCUT2D eigenvalue weighted by Gasteiger charge is 2.09. The van der Waals surface area contributed by atoms with Gasteiger partial charge in [0.05, 0.1) is 31.4 Å². The van der Waals surface area contributed by atoms with Crippen LogP contribution in [0, 0.1) is 0 Å². The molecule has 0 heterocycles. The molecule has 0 aliphatic rings. The fraction of sp³-hybridized carbons (Fsp3) is 0.150. The Morgan fingerprint density at radius 1 is 0.846 bits per heavy atom. The van der Waals surface area contributed by atoms with Crippen molar-refractivity contribution in [3.63, 3.8) is 0 Å². The summed E-state index contributed by atoms with van der Waals surface area (Å²) in [4.78, 5) is 12.1. The first-order chi connectivity index (χ1) is 12.5. The molecule has 0 fully saturated rings. The van der Waals surface area contributed by atoms with Gasteiger partial charge in [0.1, 0.15) is 5.75 Å². The zero-order valence-corrected chi connectivity index (χ0v) is 16.1. The van der Waals surface area contributed by atoms with E-state index in [1.54, 1.807) is 63.8 Å². The third-order valence-corrected chi connectivity index (χ3v) is 4.31. The van der Waals surface area contributed by atoms with Gasteiger partial charge >= 0.3 is 0 Å². The third-order valence-electron chi connectivity index (χ3n) is 3.57. The van der Waals surface area contributed by atoms with E-state index in [9.17, 15) is 4.79 Å². The maximum atomic E-state index is 12.1. The van der Waals surface area contributed by atoms with Crippen molar-refractivity contribution in [2.45, 2.75) is 0 Å². The van der Waals surface area contributed by atoms with E-state index in [0.717, 1.165) is 5.56 Å². The van der Waals surface area contributed by atoms with E-state index < -0.39 is 0 Å². The first-order valence-electron chi connectivity index (χ1n) is 7.64. The Morgan fingerprint density at radius 2 is 1.50 bits per heavy atom. The molecule has 0 radical (unpaired) electrons. The predicted molar refractivity (Wildman–Crippen MR) is 105 cm³/mol. The van der Waals surface area contributed by atoms with Gasteiger partial charge in [0.15, 0.2) is 17.3 Å². The van der Waals surface area contributed by atoms with Gasteiger partial charge < -0.3 is 14.2 Å². The average molecular weight is 393 g/mol. The minimum absolute atomic E-state index is 0.174.